The van der Waals surface area contributed by atoms with Crippen molar-refractivity contribution in [3.05, 3.63) is 58.6 Å². The molecule has 0 fully saturated rings. The number of carboxylic acid groups (broad SMARTS) is 1. The van der Waals surface area contributed by atoms with Gasteiger partial charge in [0.15, 0.2) is 5.58 Å². The smallest absolute Gasteiger partial charge is 0.420 e. The predicted octanol–water partition coefficient (Wildman–Crippen LogP) is 3.64. The van der Waals surface area contributed by atoms with Crippen LogP contribution in [0.5, 0.6) is 0 Å². The van der Waals surface area contributed by atoms with Crippen molar-refractivity contribution in [2.75, 3.05) is 0 Å². The Hall–Kier alpha value is -2.82. The van der Waals surface area contributed by atoms with Gasteiger partial charge in [0.1, 0.15) is 6.54 Å². The molecular formula is C19H19NO4. The van der Waals surface area contributed by atoms with Crippen LogP contribution in [0.2, 0.25) is 0 Å². The van der Waals surface area contributed by atoms with Crippen LogP contribution in [0.1, 0.15) is 26.3 Å². The van der Waals surface area contributed by atoms with Gasteiger partial charge in [-0.1, -0.05) is 57.2 Å². The van der Waals surface area contributed by atoms with Crippen molar-refractivity contribution < 1.29 is 14.3 Å². The van der Waals surface area contributed by atoms with Gasteiger partial charge in [-0.2, -0.15) is 0 Å². The molecular weight excluding hydrogens is 306 g/mol. The summed E-state index contributed by atoms with van der Waals surface area (Å²) in [6.07, 6.45) is 0. The second-order valence-electron chi connectivity index (χ2n) is 6.83. The van der Waals surface area contributed by atoms with Crippen molar-refractivity contribution in [2.24, 2.45) is 0 Å². The van der Waals surface area contributed by atoms with Gasteiger partial charge in [0.25, 0.3) is 0 Å². The first-order valence-corrected chi connectivity index (χ1v) is 7.72. The number of hydrogen-bond acceptors (Lipinski definition) is 3. The summed E-state index contributed by atoms with van der Waals surface area (Å²) in [5.41, 5.74) is 3.86. The monoisotopic (exact) mass is 325 g/mol. The Labute approximate surface area is 139 Å². The highest BCUT2D eigenvalue weighted by Gasteiger charge is 2.17. The maximum absolute atomic E-state index is 12.0. The van der Waals surface area contributed by atoms with Crippen LogP contribution < -0.4 is 5.76 Å². The number of para-hydroxylation sites is 1. The zero-order valence-corrected chi connectivity index (χ0v) is 13.9. The fourth-order valence-corrected chi connectivity index (χ4v) is 2.75. The second kappa shape index (κ2) is 5.67. The molecule has 2 aromatic carbocycles. The molecule has 1 aromatic heterocycles. The summed E-state index contributed by atoms with van der Waals surface area (Å²) >= 11 is 0. The molecule has 0 saturated heterocycles. The van der Waals surface area contributed by atoms with E-state index in [0.29, 0.717) is 11.1 Å². The highest BCUT2D eigenvalue weighted by atomic mass is 16.4. The normalized spacial score (nSPS) is 11.8. The molecule has 0 aliphatic heterocycles. The molecule has 0 spiro atoms. The van der Waals surface area contributed by atoms with E-state index in [1.807, 2.05) is 18.2 Å². The number of benzene rings is 2. The summed E-state index contributed by atoms with van der Waals surface area (Å²) in [4.78, 5) is 22.9. The van der Waals surface area contributed by atoms with Crippen molar-refractivity contribution in [3.63, 3.8) is 0 Å². The highest BCUT2D eigenvalue weighted by Crippen LogP contribution is 2.30. The second-order valence-corrected chi connectivity index (χ2v) is 6.83. The zero-order chi connectivity index (χ0) is 17.5. The molecule has 1 N–H and O–H groups in total. The molecule has 0 aliphatic rings. The number of aliphatic carboxylic acids is 1. The van der Waals surface area contributed by atoms with E-state index in [0.717, 1.165) is 15.7 Å². The van der Waals surface area contributed by atoms with Crippen LogP contribution in [0, 0.1) is 0 Å². The largest absolute Gasteiger partial charge is 0.480 e. The van der Waals surface area contributed by atoms with Gasteiger partial charge in [0.05, 0.1) is 5.52 Å². The molecule has 0 amide bonds. The summed E-state index contributed by atoms with van der Waals surface area (Å²) in [7, 11) is 0. The van der Waals surface area contributed by atoms with E-state index in [9.17, 15) is 9.59 Å². The molecule has 5 nitrogen and oxygen atoms in total. The Balaban J connectivity index is 2.14. The van der Waals surface area contributed by atoms with Crippen molar-refractivity contribution in [2.45, 2.75) is 32.7 Å². The fraction of sp³-hybridized carbons (Fsp3) is 0.263. The topological polar surface area (TPSA) is 72.4 Å². The van der Waals surface area contributed by atoms with E-state index in [2.05, 4.69) is 32.9 Å². The number of hydrogen-bond donors (Lipinski definition) is 1. The van der Waals surface area contributed by atoms with Crippen molar-refractivity contribution in [1.82, 2.24) is 4.57 Å². The molecule has 1 heterocycles. The number of carboxylic acids is 1. The third-order valence-electron chi connectivity index (χ3n) is 4.05. The van der Waals surface area contributed by atoms with Gasteiger partial charge in [-0.3, -0.25) is 9.36 Å². The van der Waals surface area contributed by atoms with Gasteiger partial charge >= 0.3 is 11.7 Å². The molecule has 24 heavy (non-hydrogen) atoms. The van der Waals surface area contributed by atoms with Crippen LogP contribution in [-0.2, 0) is 16.8 Å². The number of nitrogens with zero attached hydrogens (tertiary/aromatic N) is 1. The minimum absolute atomic E-state index is 0.0575. The Bertz CT molecular complexity index is 956. The van der Waals surface area contributed by atoms with E-state index in [-0.39, 0.29) is 5.41 Å². The Kier molecular flexibility index (Phi) is 3.79. The lowest BCUT2D eigenvalue weighted by Crippen LogP contribution is -2.19. The zero-order valence-electron chi connectivity index (χ0n) is 13.9. The SMILES string of the molecule is CC(C)(C)c1ccc(-c2cccc3c2oc(=O)n3CC(=O)O)cc1. The summed E-state index contributed by atoms with van der Waals surface area (Å²) in [6, 6.07) is 13.4. The lowest BCUT2D eigenvalue weighted by Gasteiger charge is -2.19. The van der Waals surface area contributed by atoms with Gasteiger partial charge in [0.2, 0.25) is 0 Å². The number of carbonyl (C=O) groups is 1. The van der Waals surface area contributed by atoms with Gasteiger partial charge in [-0.05, 0) is 22.6 Å². The number of fused-ring (bicyclic) bond motifs is 1. The Morgan fingerprint density at radius 3 is 2.38 bits per heavy atom. The minimum Gasteiger partial charge on any atom is -0.480 e. The molecule has 124 valence electrons. The van der Waals surface area contributed by atoms with Crippen molar-refractivity contribution in [1.29, 1.82) is 0 Å². The molecule has 0 saturated carbocycles. The lowest BCUT2D eigenvalue weighted by atomic mass is 9.86. The van der Waals surface area contributed by atoms with Gasteiger partial charge < -0.3 is 9.52 Å². The van der Waals surface area contributed by atoms with E-state index in [4.69, 9.17) is 9.52 Å². The Morgan fingerprint density at radius 1 is 1.12 bits per heavy atom. The summed E-state index contributed by atoms with van der Waals surface area (Å²) < 4.78 is 6.46. The van der Waals surface area contributed by atoms with E-state index >= 15 is 0 Å². The van der Waals surface area contributed by atoms with Crippen LogP contribution in [0.3, 0.4) is 0 Å². The van der Waals surface area contributed by atoms with E-state index < -0.39 is 18.3 Å². The summed E-state index contributed by atoms with van der Waals surface area (Å²) in [6.45, 7) is 6.02. The molecule has 3 aromatic rings. The summed E-state index contributed by atoms with van der Waals surface area (Å²) in [5.74, 6) is -1.74. The van der Waals surface area contributed by atoms with Crippen molar-refractivity contribution in [3.8, 4) is 11.1 Å². The standard InChI is InChI=1S/C19H19NO4/c1-19(2,3)13-9-7-12(8-10-13)14-5-4-6-15-17(14)24-18(23)20(15)11-16(21)22/h4-10H,11H2,1-3H3,(H,21,22). The molecule has 0 unspecified atom stereocenters. The van der Waals surface area contributed by atoms with Crippen molar-refractivity contribution >= 4 is 17.1 Å². The van der Waals surface area contributed by atoms with Crippen LogP contribution in [-0.4, -0.2) is 15.6 Å². The first-order valence-electron chi connectivity index (χ1n) is 7.72. The van der Waals surface area contributed by atoms with Gasteiger partial charge in [-0.25, -0.2) is 4.79 Å². The van der Waals surface area contributed by atoms with E-state index in [1.54, 1.807) is 12.1 Å². The first kappa shape index (κ1) is 16.1. The van der Waals surface area contributed by atoms with Crippen LogP contribution in [0.25, 0.3) is 22.2 Å². The molecule has 0 radical (unpaired) electrons. The maximum Gasteiger partial charge on any atom is 0.420 e. The number of rotatable bonds is 3. The van der Waals surface area contributed by atoms with Gasteiger partial charge in [0, 0.05) is 5.56 Å². The predicted molar refractivity (Wildman–Crippen MR) is 92.2 cm³/mol. The quantitative estimate of drug-likeness (QED) is 0.798. The van der Waals surface area contributed by atoms with Crippen LogP contribution in [0.4, 0.5) is 0 Å². The molecule has 0 atom stereocenters. The third-order valence-corrected chi connectivity index (χ3v) is 4.05. The molecule has 0 bridgehead atoms. The van der Waals surface area contributed by atoms with Crippen LogP contribution in [0.15, 0.2) is 51.7 Å². The average Bonchev–Trinajstić information content (AvgIpc) is 2.82. The van der Waals surface area contributed by atoms with E-state index in [1.165, 1.54) is 5.56 Å². The maximum atomic E-state index is 12.0. The highest BCUT2D eigenvalue weighted by molar-refractivity contribution is 5.91. The fourth-order valence-electron chi connectivity index (χ4n) is 2.75. The summed E-state index contributed by atoms with van der Waals surface area (Å²) in [5, 5.41) is 8.96. The molecule has 5 heteroatoms. The Morgan fingerprint density at radius 2 is 1.79 bits per heavy atom. The average molecular weight is 325 g/mol. The molecule has 3 rings (SSSR count). The minimum atomic E-state index is -1.08. The lowest BCUT2D eigenvalue weighted by molar-refractivity contribution is -0.137. The third kappa shape index (κ3) is 2.85. The van der Waals surface area contributed by atoms with Gasteiger partial charge in [-0.15, -0.1) is 0 Å². The van der Waals surface area contributed by atoms with Crippen LogP contribution >= 0.6 is 0 Å². The first-order chi connectivity index (χ1) is 11.3. The number of oxazole rings is 1. The molecule has 0 aliphatic carbocycles. The number of aromatic nitrogens is 1.